The monoisotopic (exact) mass is 148 g/mol. The molecular formula is C6H10F2N2. The quantitative estimate of drug-likeness (QED) is 0.428. The van der Waals surface area contributed by atoms with E-state index < -0.39 is 5.92 Å². The Balaban J connectivity index is 2.51. The number of hydrogen-bond donors (Lipinski definition) is 2. The normalized spacial score (nSPS) is 30.4. The number of alkyl halides is 2. The van der Waals surface area contributed by atoms with E-state index in [0.717, 1.165) is 0 Å². The molecule has 1 unspecified atom stereocenters. The molecule has 0 amide bonds. The molecule has 1 fully saturated rings. The summed E-state index contributed by atoms with van der Waals surface area (Å²) in [7, 11) is 0. The second kappa shape index (κ2) is 2.18. The number of amidine groups is 1. The van der Waals surface area contributed by atoms with Crippen molar-refractivity contribution in [1.82, 2.24) is 0 Å². The van der Waals surface area contributed by atoms with E-state index in [1.807, 2.05) is 0 Å². The van der Waals surface area contributed by atoms with Gasteiger partial charge < -0.3 is 5.73 Å². The van der Waals surface area contributed by atoms with Gasteiger partial charge in [0.2, 0.25) is 5.92 Å². The largest absolute Gasteiger partial charge is 0.387 e. The SMILES string of the molecule is N=C(N)C1CCC(F)(F)C1. The minimum Gasteiger partial charge on any atom is -0.387 e. The summed E-state index contributed by atoms with van der Waals surface area (Å²) < 4.78 is 24.8. The number of halogens is 2. The van der Waals surface area contributed by atoms with Crippen molar-refractivity contribution in [2.75, 3.05) is 0 Å². The maximum atomic E-state index is 12.4. The average molecular weight is 148 g/mol. The lowest BCUT2D eigenvalue weighted by Gasteiger charge is -2.07. The highest BCUT2D eigenvalue weighted by atomic mass is 19.3. The zero-order valence-electron chi connectivity index (χ0n) is 5.53. The van der Waals surface area contributed by atoms with Gasteiger partial charge in [0.05, 0.1) is 5.84 Å². The fraction of sp³-hybridized carbons (Fsp3) is 0.833. The van der Waals surface area contributed by atoms with Crippen LogP contribution in [0.25, 0.3) is 0 Å². The van der Waals surface area contributed by atoms with Gasteiger partial charge in [0.1, 0.15) is 0 Å². The summed E-state index contributed by atoms with van der Waals surface area (Å²) in [5.74, 6) is -3.05. The highest BCUT2D eigenvalue weighted by molar-refractivity contribution is 5.79. The Kier molecular flexibility index (Phi) is 1.62. The molecule has 10 heavy (non-hydrogen) atoms. The van der Waals surface area contributed by atoms with Crippen LogP contribution in [0.15, 0.2) is 0 Å². The topological polar surface area (TPSA) is 49.9 Å². The van der Waals surface area contributed by atoms with E-state index in [4.69, 9.17) is 11.1 Å². The van der Waals surface area contributed by atoms with Gasteiger partial charge in [0.15, 0.2) is 0 Å². The van der Waals surface area contributed by atoms with Crippen LogP contribution in [0.5, 0.6) is 0 Å². The van der Waals surface area contributed by atoms with E-state index in [9.17, 15) is 8.78 Å². The second-order valence-corrected chi connectivity index (χ2v) is 2.75. The van der Waals surface area contributed by atoms with Gasteiger partial charge in [0.25, 0.3) is 0 Å². The fourth-order valence-corrected chi connectivity index (χ4v) is 1.22. The Morgan fingerprint density at radius 2 is 2.20 bits per heavy atom. The van der Waals surface area contributed by atoms with E-state index in [1.54, 1.807) is 0 Å². The Morgan fingerprint density at radius 3 is 2.40 bits per heavy atom. The van der Waals surface area contributed by atoms with Gasteiger partial charge in [-0.15, -0.1) is 0 Å². The second-order valence-electron chi connectivity index (χ2n) is 2.75. The van der Waals surface area contributed by atoms with Gasteiger partial charge in [0, 0.05) is 18.8 Å². The highest BCUT2D eigenvalue weighted by Crippen LogP contribution is 2.38. The van der Waals surface area contributed by atoms with Crippen molar-refractivity contribution in [2.24, 2.45) is 11.7 Å². The van der Waals surface area contributed by atoms with Crippen molar-refractivity contribution in [1.29, 1.82) is 5.41 Å². The van der Waals surface area contributed by atoms with Crippen LogP contribution in [0.1, 0.15) is 19.3 Å². The Morgan fingerprint density at radius 1 is 1.60 bits per heavy atom. The first kappa shape index (κ1) is 7.44. The lowest BCUT2D eigenvalue weighted by atomic mass is 10.1. The van der Waals surface area contributed by atoms with Crippen molar-refractivity contribution < 1.29 is 8.78 Å². The van der Waals surface area contributed by atoms with Crippen molar-refractivity contribution in [3.05, 3.63) is 0 Å². The predicted molar refractivity (Wildman–Crippen MR) is 34.2 cm³/mol. The molecule has 1 saturated carbocycles. The molecule has 0 saturated heterocycles. The van der Waals surface area contributed by atoms with Crippen molar-refractivity contribution in [3.63, 3.8) is 0 Å². The molecule has 0 aromatic carbocycles. The first-order valence-corrected chi connectivity index (χ1v) is 3.23. The fourth-order valence-electron chi connectivity index (χ4n) is 1.22. The third-order valence-corrected chi connectivity index (χ3v) is 1.84. The summed E-state index contributed by atoms with van der Waals surface area (Å²) in [5.41, 5.74) is 5.07. The molecule has 0 aromatic heterocycles. The van der Waals surface area contributed by atoms with Crippen LogP contribution in [0.2, 0.25) is 0 Å². The molecule has 0 spiro atoms. The number of rotatable bonds is 1. The molecule has 58 valence electrons. The average Bonchev–Trinajstić information content (AvgIpc) is 2.10. The lowest BCUT2D eigenvalue weighted by Crippen LogP contribution is -2.21. The summed E-state index contributed by atoms with van der Waals surface area (Å²) in [6, 6.07) is 0. The van der Waals surface area contributed by atoms with Gasteiger partial charge in [-0.3, -0.25) is 5.41 Å². The first-order valence-electron chi connectivity index (χ1n) is 3.23. The Hall–Kier alpha value is -0.670. The van der Waals surface area contributed by atoms with Crippen LogP contribution in [-0.4, -0.2) is 11.8 Å². The standard InChI is InChI=1S/C6H10F2N2/c7-6(8)2-1-4(3-6)5(9)10/h4H,1-3H2,(H3,9,10). The van der Waals surface area contributed by atoms with Crippen LogP contribution >= 0.6 is 0 Å². The van der Waals surface area contributed by atoms with E-state index in [0.29, 0.717) is 6.42 Å². The summed E-state index contributed by atoms with van der Waals surface area (Å²) >= 11 is 0. The van der Waals surface area contributed by atoms with E-state index in [2.05, 4.69) is 0 Å². The van der Waals surface area contributed by atoms with Crippen molar-refractivity contribution in [3.8, 4) is 0 Å². The van der Waals surface area contributed by atoms with Crippen molar-refractivity contribution >= 4 is 5.84 Å². The summed E-state index contributed by atoms with van der Waals surface area (Å²) in [6.07, 6.45) is 0.0158. The number of hydrogen-bond acceptors (Lipinski definition) is 1. The minimum atomic E-state index is -2.57. The van der Waals surface area contributed by atoms with Gasteiger partial charge in [-0.1, -0.05) is 0 Å². The summed E-state index contributed by atoms with van der Waals surface area (Å²) in [4.78, 5) is 0. The smallest absolute Gasteiger partial charge is 0.248 e. The third kappa shape index (κ3) is 1.43. The van der Waals surface area contributed by atoms with Gasteiger partial charge >= 0.3 is 0 Å². The number of nitrogens with one attached hydrogen (secondary N) is 1. The third-order valence-electron chi connectivity index (χ3n) is 1.84. The van der Waals surface area contributed by atoms with E-state index >= 15 is 0 Å². The van der Waals surface area contributed by atoms with E-state index in [1.165, 1.54) is 0 Å². The Labute approximate surface area is 57.9 Å². The minimum absolute atomic E-state index is 0.0998. The molecule has 3 N–H and O–H groups in total. The molecule has 1 atom stereocenters. The molecule has 0 aromatic rings. The zero-order chi connectivity index (χ0) is 7.78. The van der Waals surface area contributed by atoms with Crippen LogP contribution in [0.4, 0.5) is 8.78 Å². The first-order chi connectivity index (χ1) is 4.51. The maximum Gasteiger partial charge on any atom is 0.248 e. The predicted octanol–water partition coefficient (Wildman–Crippen LogP) is 1.36. The lowest BCUT2D eigenvalue weighted by molar-refractivity contribution is 0.00729. The number of nitrogens with two attached hydrogens (primary N) is 1. The molecule has 0 heterocycles. The molecule has 1 aliphatic rings. The van der Waals surface area contributed by atoms with Crippen molar-refractivity contribution in [2.45, 2.75) is 25.2 Å². The molecule has 4 heteroatoms. The Bertz CT molecular complexity index is 156. The summed E-state index contributed by atoms with van der Waals surface area (Å²) in [6.45, 7) is 0. The molecule has 0 aliphatic heterocycles. The molecule has 1 aliphatic carbocycles. The molecule has 0 bridgehead atoms. The zero-order valence-corrected chi connectivity index (χ0v) is 5.53. The van der Waals surface area contributed by atoms with Crippen LogP contribution in [-0.2, 0) is 0 Å². The molecular weight excluding hydrogens is 138 g/mol. The van der Waals surface area contributed by atoms with Gasteiger partial charge in [-0.2, -0.15) is 0 Å². The van der Waals surface area contributed by atoms with Crippen LogP contribution in [0, 0.1) is 11.3 Å². The van der Waals surface area contributed by atoms with Crippen LogP contribution < -0.4 is 5.73 Å². The van der Waals surface area contributed by atoms with Gasteiger partial charge in [-0.25, -0.2) is 8.78 Å². The molecule has 2 nitrogen and oxygen atoms in total. The molecule has 1 rings (SSSR count). The molecule has 0 radical (unpaired) electrons. The highest BCUT2D eigenvalue weighted by Gasteiger charge is 2.40. The van der Waals surface area contributed by atoms with Crippen LogP contribution in [0.3, 0.4) is 0 Å². The maximum absolute atomic E-state index is 12.4. The van der Waals surface area contributed by atoms with Gasteiger partial charge in [-0.05, 0) is 6.42 Å². The van der Waals surface area contributed by atoms with E-state index in [-0.39, 0.29) is 24.6 Å². The summed E-state index contributed by atoms with van der Waals surface area (Å²) in [5, 5.41) is 6.91.